The fourth-order valence-corrected chi connectivity index (χ4v) is 7.67. The number of nitrogens with zero attached hydrogens (tertiary/aromatic N) is 2. The van der Waals surface area contributed by atoms with Gasteiger partial charge in [0.25, 0.3) is 0 Å². The number of nitrogens with two attached hydrogens (primary N) is 1. The fraction of sp³-hybridized carbons (Fsp3) is 0.455. The van der Waals surface area contributed by atoms with Crippen LogP contribution in [-0.2, 0) is 20.2 Å². The van der Waals surface area contributed by atoms with Crippen molar-refractivity contribution in [3.63, 3.8) is 0 Å². The molecule has 0 saturated carbocycles. The Balaban J connectivity index is 1.65. The summed E-state index contributed by atoms with van der Waals surface area (Å²) in [7, 11) is -0.310. The third-order valence-corrected chi connectivity index (χ3v) is 10.6. The second-order valence-electron chi connectivity index (χ2n) is 8.68. The van der Waals surface area contributed by atoms with Gasteiger partial charge >= 0.3 is 13.4 Å². The van der Waals surface area contributed by atoms with Crippen molar-refractivity contribution in [3.05, 3.63) is 69.8 Å². The summed E-state index contributed by atoms with van der Waals surface area (Å²) in [5.41, 5.74) is 5.94. The van der Waals surface area contributed by atoms with Gasteiger partial charge in [-0.05, 0) is 11.6 Å². The predicted molar refractivity (Wildman–Crippen MR) is 146 cm³/mol. The van der Waals surface area contributed by atoms with E-state index in [4.69, 9.17) is 14.8 Å². The molecule has 1 aromatic heterocycles. The van der Waals surface area contributed by atoms with Crippen molar-refractivity contribution in [1.29, 1.82) is 0 Å². The number of benzene rings is 1. The molecular weight excluding hydrogens is 527 g/mol. The number of aliphatic hydroxyl groups is 1. The fourth-order valence-electron chi connectivity index (χ4n) is 2.96. The Hall–Kier alpha value is -1.40. The zero-order valence-electron chi connectivity index (χ0n) is 19.8. The highest BCUT2D eigenvalue weighted by Crippen LogP contribution is 2.49. The molecule has 0 bridgehead atoms. The van der Waals surface area contributed by atoms with Crippen LogP contribution in [0.5, 0.6) is 0 Å². The first-order valence-corrected chi connectivity index (χ1v) is 15.7. The molecule has 35 heavy (non-hydrogen) atoms. The van der Waals surface area contributed by atoms with Crippen LogP contribution in [0.25, 0.3) is 0 Å². The lowest BCUT2D eigenvalue weighted by atomic mass is 10.2. The smallest absolute Gasteiger partial charge is 0.420 e. The maximum Gasteiger partial charge on any atom is 0.458 e. The lowest BCUT2D eigenvalue weighted by Crippen LogP contribution is -2.29. The van der Waals surface area contributed by atoms with Crippen LogP contribution in [0, 0.1) is 0 Å². The van der Waals surface area contributed by atoms with Gasteiger partial charge in [-0.3, -0.25) is 9.09 Å². The van der Waals surface area contributed by atoms with Gasteiger partial charge in [-0.25, -0.2) is 14.4 Å². The molecule has 1 unspecified atom stereocenters. The van der Waals surface area contributed by atoms with E-state index < -0.39 is 24.9 Å². The summed E-state index contributed by atoms with van der Waals surface area (Å²) in [6.07, 6.45) is 2.24. The highest BCUT2D eigenvalue weighted by atomic mass is 33.1. The van der Waals surface area contributed by atoms with Crippen molar-refractivity contribution >= 4 is 46.9 Å². The SMILES string of the molecule is CC(C)(C)SSCCOP(=O)(NCc1ccccc1)O/C=C1\C[C@H](O)[C@H](n2ccc(N)nc2=O)S1. The van der Waals surface area contributed by atoms with E-state index in [-0.39, 0.29) is 23.6 Å². The van der Waals surface area contributed by atoms with Gasteiger partial charge in [0.2, 0.25) is 0 Å². The second kappa shape index (κ2) is 12.7. The molecule has 1 saturated heterocycles. The van der Waals surface area contributed by atoms with E-state index in [1.165, 1.54) is 34.9 Å². The molecule has 1 fully saturated rings. The number of nitrogens with one attached hydrogen (secondary N) is 1. The van der Waals surface area contributed by atoms with E-state index in [0.29, 0.717) is 17.2 Å². The number of hydrogen-bond donors (Lipinski definition) is 3. The molecular formula is C22H31N4O5PS3. The summed E-state index contributed by atoms with van der Waals surface area (Å²) in [4.78, 5) is 16.5. The molecule has 1 aliphatic rings. The maximum absolute atomic E-state index is 13.5. The average molecular weight is 559 g/mol. The van der Waals surface area contributed by atoms with Gasteiger partial charge in [-0.2, -0.15) is 4.98 Å². The van der Waals surface area contributed by atoms with Crippen molar-refractivity contribution in [1.82, 2.24) is 14.6 Å². The Morgan fingerprint density at radius 3 is 2.77 bits per heavy atom. The number of hydrogen-bond acceptors (Lipinski definition) is 10. The second-order valence-corrected chi connectivity index (χ2v) is 14.9. The molecule has 4 N–H and O–H groups in total. The van der Waals surface area contributed by atoms with Crippen LogP contribution < -0.4 is 16.5 Å². The average Bonchev–Trinajstić information content (AvgIpc) is 3.16. The van der Waals surface area contributed by atoms with Crippen LogP contribution in [0.3, 0.4) is 0 Å². The topological polar surface area (TPSA) is 129 Å². The van der Waals surface area contributed by atoms with Gasteiger partial charge in [0.1, 0.15) is 17.5 Å². The van der Waals surface area contributed by atoms with Crippen molar-refractivity contribution in [3.8, 4) is 0 Å². The number of thioether (sulfide) groups is 1. The van der Waals surface area contributed by atoms with Crippen LogP contribution >= 0.6 is 41.1 Å². The monoisotopic (exact) mass is 558 g/mol. The number of nitrogen functional groups attached to an aromatic ring is 1. The van der Waals surface area contributed by atoms with Crippen LogP contribution in [0.2, 0.25) is 0 Å². The van der Waals surface area contributed by atoms with Gasteiger partial charge in [0, 0.05) is 34.6 Å². The minimum absolute atomic E-state index is 0.111. The number of rotatable bonds is 11. The van der Waals surface area contributed by atoms with Crippen molar-refractivity contribution in [2.45, 2.75) is 50.0 Å². The quantitative estimate of drug-likeness (QED) is 0.153. The summed E-state index contributed by atoms with van der Waals surface area (Å²) < 4.78 is 26.2. The van der Waals surface area contributed by atoms with E-state index >= 15 is 0 Å². The molecule has 2 aromatic rings. The molecule has 3 rings (SSSR count). The lowest BCUT2D eigenvalue weighted by molar-refractivity contribution is 0.156. The zero-order valence-corrected chi connectivity index (χ0v) is 23.2. The van der Waals surface area contributed by atoms with Gasteiger partial charge in [-0.15, -0.1) is 0 Å². The first kappa shape index (κ1) is 28.2. The molecule has 0 amide bonds. The molecule has 0 aliphatic carbocycles. The Labute approximate surface area is 217 Å². The molecule has 192 valence electrons. The van der Waals surface area contributed by atoms with E-state index in [2.05, 4.69) is 30.8 Å². The summed E-state index contributed by atoms with van der Waals surface area (Å²) >= 11 is 1.24. The third-order valence-electron chi connectivity index (χ3n) is 4.52. The molecule has 0 radical (unpaired) electrons. The normalized spacial score (nSPS) is 21.2. The van der Waals surface area contributed by atoms with Crippen LogP contribution in [0.1, 0.15) is 38.1 Å². The van der Waals surface area contributed by atoms with Crippen molar-refractivity contribution in [2.24, 2.45) is 0 Å². The number of aromatic nitrogens is 2. The largest absolute Gasteiger partial charge is 0.458 e. The highest BCUT2D eigenvalue weighted by Gasteiger charge is 2.33. The Bertz CT molecular complexity index is 1110. The first-order valence-electron chi connectivity index (χ1n) is 11.0. The van der Waals surface area contributed by atoms with E-state index in [1.807, 2.05) is 30.3 Å². The molecule has 1 aliphatic heterocycles. The maximum atomic E-state index is 13.5. The molecule has 13 heteroatoms. The molecule has 1 aromatic carbocycles. The van der Waals surface area contributed by atoms with Gasteiger partial charge in [-0.1, -0.05) is 84.5 Å². The van der Waals surface area contributed by atoms with Gasteiger partial charge < -0.3 is 15.4 Å². The standard InChI is InChI=1S/C22H31N4O5PS3/c1-22(2,3)35-33-12-11-30-32(29,24-14-16-7-5-4-6-8-16)31-15-17-13-18(27)20(34-17)26-10-9-19(23)25-21(26)28/h4-10,15,18,20,27H,11-14H2,1-3H3,(H,24,29)(H2,23,25,28)/b17-15+/t18-,20+,32?/m0/s1. The minimum atomic E-state index is -3.69. The van der Waals surface area contributed by atoms with E-state index in [0.717, 1.165) is 5.56 Å². The minimum Gasteiger partial charge on any atom is -0.420 e. The predicted octanol–water partition coefficient (Wildman–Crippen LogP) is 4.77. The lowest BCUT2D eigenvalue weighted by Gasteiger charge is -2.19. The van der Waals surface area contributed by atoms with Crippen LogP contribution in [0.15, 0.2) is 58.6 Å². The molecule has 3 atom stereocenters. The van der Waals surface area contributed by atoms with Crippen molar-refractivity contribution in [2.75, 3.05) is 18.1 Å². The summed E-state index contributed by atoms with van der Waals surface area (Å²) in [6, 6.07) is 11.0. The number of aliphatic hydroxyl groups excluding tert-OH is 1. The number of anilines is 1. The summed E-state index contributed by atoms with van der Waals surface area (Å²) in [6.45, 7) is 6.92. The molecule has 2 heterocycles. The zero-order chi connectivity index (χ0) is 25.5. The first-order chi connectivity index (χ1) is 16.5. The summed E-state index contributed by atoms with van der Waals surface area (Å²) in [5.74, 6) is 0.756. The molecule has 0 spiro atoms. The summed E-state index contributed by atoms with van der Waals surface area (Å²) in [5, 5.41) is 12.8. The van der Waals surface area contributed by atoms with Crippen LogP contribution in [-0.4, -0.2) is 37.9 Å². The van der Waals surface area contributed by atoms with Gasteiger partial charge in [0.05, 0.1) is 12.7 Å². The highest BCUT2D eigenvalue weighted by molar-refractivity contribution is 8.77. The Kier molecular flexibility index (Phi) is 10.2. The Morgan fingerprint density at radius 1 is 1.34 bits per heavy atom. The van der Waals surface area contributed by atoms with E-state index in [9.17, 15) is 14.5 Å². The molecule has 9 nitrogen and oxygen atoms in total. The third kappa shape index (κ3) is 9.20. The Morgan fingerprint density at radius 2 is 2.09 bits per heavy atom. The van der Waals surface area contributed by atoms with Crippen LogP contribution in [0.4, 0.5) is 5.82 Å². The van der Waals surface area contributed by atoms with Crippen molar-refractivity contribution < 1.29 is 18.7 Å². The van der Waals surface area contributed by atoms with E-state index in [1.54, 1.807) is 21.6 Å². The van der Waals surface area contributed by atoms with Gasteiger partial charge in [0.15, 0.2) is 0 Å².